The normalized spacial score (nSPS) is 21.5. The van der Waals surface area contributed by atoms with Crippen molar-refractivity contribution in [2.24, 2.45) is 5.10 Å². The molecule has 23 heavy (non-hydrogen) atoms. The first-order chi connectivity index (χ1) is 10.9. The van der Waals surface area contributed by atoms with Crippen molar-refractivity contribution < 1.29 is 23.0 Å². The van der Waals surface area contributed by atoms with Crippen molar-refractivity contribution in [1.29, 1.82) is 0 Å². The second kappa shape index (κ2) is 5.88. The van der Waals surface area contributed by atoms with E-state index in [0.29, 0.717) is 16.8 Å². The van der Waals surface area contributed by atoms with Gasteiger partial charge in [0.2, 0.25) is 0 Å². The summed E-state index contributed by atoms with van der Waals surface area (Å²) in [7, 11) is 1.26. The molecule has 0 radical (unpaired) electrons. The van der Waals surface area contributed by atoms with Crippen LogP contribution in [-0.2, 0) is 15.4 Å². The average molecular weight is 324 g/mol. The van der Waals surface area contributed by atoms with Crippen molar-refractivity contribution in [3.8, 4) is 0 Å². The lowest BCUT2D eigenvalue weighted by Crippen LogP contribution is -2.37. The van der Waals surface area contributed by atoms with Gasteiger partial charge in [0, 0.05) is 18.2 Å². The Labute approximate surface area is 132 Å². The molecule has 1 amide bonds. The molecule has 1 saturated carbocycles. The highest BCUT2D eigenvalue weighted by Gasteiger charge is 2.38. The lowest BCUT2D eigenvalue weighted by molar-refractivity contribution is -0.0704. The molecule has 0 spiro atoms. The number of alkyl halides is 2. The molecule has 124 valence electrons. The number of hydrazone groups is 1. The third kappa shape index (κ3) is 3.19. The molecule has 0 unspecified atom stereocenters. The summed E-state index contributed by atoms with van der Waals surface area (Å²) in [5, 5.41) is 3.99. The minimum Gasteiger partial charge on any atom is -0.439 e. The number of nitrogens with zero attached hydrogens (tertiary/aromatic N) is 1. The van der Waals surface area contributed by atoms with Gasteiger partial charge in [0.1, 0.15) is 18.4 Å². The number of carbonyl (C=O) groups is 1. The first-order valence-electron chi connectivity index (χ1n) is 7.48. The van der Waals surface area contributed by atoms with E-state index in [9.17, 15) is 13.6 Å². The maximum Gasteiger partial charge on any atom is 0.428 e. The molecule has 0 aromatic heterocycles. The van der Waals surface area contributed by atoms with E-state index in [-0.39, 0.29) is 11.5 Å². The van der Waals surface area contributed by atoms with E-state index in [2.05, 4.69) is 15.3 Å². The fourth-order valence-electron chi connectivity index (χ4n) is 2.79. The average Bonchev–Trinajstić information content (AvgIpc) is 3.31. The van der Waals surface area contributed by atoms with Gasteiger partial charge < -0.3 is 9.47 Å². The molecule has 5 nitrogen and oxygen atoms in total. The van der Waals surface area contributed by atoms with Crippen molar-refractivity contribution in [2.45, 2.75) is 37.7 Å². The molecule has 1 aromatic rings. The Hall–Kier alpha value is -2.02. The van der Waals surface area contributed by atoms with E-state index in [0.717, 1.165) is 12.8 Å². The van der Waals surface area contributed by atoms with Gasteiger partial charge in [0.15, 0.2) is 0 Å². The molecule has 0 saturated heterocycles. The first kappa shape index (κ1) is 15.9. The molecular formula is C16H18F2N2O3. The number of hydrogen-bond acceptors (Lipinski definition) is 4. The summed E-state index contributed by atoms with van der Waals surface area (Å²) in [5.74, 6) is -2.89. The van der Waals surface area contributed by atoms with E-state index in [1.54, 1.807) is 19.1 Å². The van der Waals surface area contributed by atoms with Crippen LogP contribution in [0.5, 0.6) is 0 Å². The lowest BCUT2D eigenvalue weighted by atomic mass is 9.93. The molecule has 7 heteroatoms. The number of hydrogen-bond donors (Lipinski definition) is 1. The molecule has 1 N–H and O–H groups in total. The molecule has 0 bridgehead atoms. The summed E-state index contributed by atoms with van der Waals surface area (Å²) in [6, 6.07) is 4.74. The van der Waals surface area contributed by atoms with E-state index >= 15 is 0 Å². The Morgan fingerprint density at radius 2 is 2.17 bits per heavy atom. The Morgan fingerprint density at radius 3 is 2.78 bits per heavy atom. The zero-order chi connectivity index (χ0) is 16.6. The highest BCUT2D eigenvalue weighted by molar-refractivity contribution is 6.05. The van der Waals surface area contributed by atoms with Crippen LogP contribution in [0.3, 0.4) is 0 Å². The van der Waals surface area contributed by atoms with Crippen LogP contribution in [0, 0.1) is 0 Å². The smallest absolute Gasteiger partial charge is 0.428 e. The minimum atomic E-state index is -3.03. The van der Waals surface area contributed by atoms with Gasteiger partial charge in [-0.05, 0) is 37.3 Å². The Morgan fingerprint density at radius 1 is 1.43 bits per heavy atom. The summed E-state index contributed by atoms with van der Waals surface area (Å²) < 4.78 is 38.2. The number of amides is 1. The van der Waals surface area contributed by atoms with Crippen LogP contribution in [-0.4, -0.2) is 31.6 Å². The minimum absolute atomic E-state index is 0.000355. The Kier molecular flexibility index (Phi) is 4.06. The quantitative estimate of drug-likeness (QED) is 0.905. The van der Waals surface area contributed by atoms with Gasteiger partial charge in [-0.25, -0.2) is 10.2 Å². The molecule has 1 atom stereocenters. The maximum atomic E-state index is 14.3. The van der Waals surface area contributed by atoms with Crippen LogP contribution in [0.15, 0.2) is 23.3 Å². The maximum absolute atomic E-state index is 14.3. The molecule has 3 rings (SSSR count). The number of nitrogens with one attached hydrogen (secondary N) is 1. The summed E-state index contributed by atoms with van der Waals surface area (Å²) in [6.07, 6.45) is 0.650. The predicted octanol–water partition coefficient (Wildman–Crippen LogP) is 3.13. The van der Waals surface area contributed by atoms with Crippen LogP contribution >= 0.6 is 0 Å². The number of benzene rings is 1. The van der Waals surface area contributed by atoms with Gasteiger partial charge in [-0.1, -0.05) is 12.1 Å². The number of ether oxygens (including phenoxy) is 2. The summed E-state index contributed by atoms with van der Waals surface area (Å²) in [6.45, 7) is 1.05. The first-order valence-corrected chi connectivity index (χ1v) is 7.48. The summed E-state index contributed by atoms with van der Waals surface area (Å²) in [4.78, 5) is 11.1. The number of methoxy groups -OCH3 is 1. The SMILES string of the molecule is COCC(F)(F)c1ccc(C2=NNC(=O)O[C@H]2C)cc1C1CC1. The van der Waals surface area contributed by atoms with Gasteiger partial charge in [-0.2, -0.15) is 13.9 Å². The monoisotopic (exact) mass is 324 g/mol. The van der Waals surface area contributed by atoms with Crippen molar-refractivity contribution in [1.82, 2.24) is 5.43 Å². The molecule has 1 heterocycles. The van der Waals surface area contributed by atoms with E-state index in [4.69, 9.17) is 4.74 Å². The van der Waals surface area contributed by atoms with Crippen LogP contribution < -0.4 is 5.43 Å². The molecule has 2 aliphatic rings. The van der Waals surface area contributed by atoms with E-state index < -0.39 is 24.7 Å². The van der Waals surface area contributed by atoms with Gasteiger partial charge in [0.25, 0.3) is 5.92 Å². The van der Waals surface area contributed by atoms with Gasteiger partial charge >= 0.3 is 6.09 Å². The molecular weight excluding hydrogens is 306 g/mol. The van der Waals surface area contributed by atoms with Crippen molar-refractivity contribution in [3.63, 3.8) is 0 Å². The third-order valence-corrected chi connectivity index (χ3v) is 4.02. The predicted molar refractivity (Wildman–Crippen MR) is 79.8 cm³/mol. The van der Waals surface area contributed by atoms with Crippen LogP contribution in [0.1, 0.15) is 42.4 Å². The Balaban J connectivity index is 1.99. The fraction of sp³-hybridized carbons (Fsp3) is 0.500. The summed E-state index contributed by atoms with van der Waals surface area (Å²) >= 11 is 0. The molecule has 1 fully saturated rings. The zero-order valence-electron chi connectivity index (χ0n) is 12.9. The zero-order valence-corrected chi connectivity index (χ0v) is 12.9. The highest BCUT2D eigenvalue weighted by atomic mass is 19.3. The van der Waals surface area contributed by atoms with E-state index in [1.165, 1.54) is 13.2 Å². The van der Waals surface area contributed by atoms with Gasteiger partial charge in [-0.15, -0.1) is 0 Å². The fourth-order valence-corrected chi connectivity index (χ4v) is 2.79. The van der Waals surface area contributed by atoms with E-state index in [1.807, 2.05) is 0 Å². The van der Waals surface area contributed by atoms with Crippen molar-refractivity contribution in [3.05, 3.63) is 34.9 Å². The number of cyclic esters (lactones) is 1. The number of rotatable bonds is 5. The standard InChI is InChI=1S/C16H18F2N2O3/c1-9-14(19-20-15(21)23-9)11-5-6-13(16(17,18)8-22-2)12(7-11)10-3-4-10/h5-7,9-10H,3-4,8H2,1-2H3,(H,20,21)/t9-/m0/s1. The van der Waals surface area contributed by atoms with Crippen LogP contribution in [0.25, 0.3) is 0 Å². The number of carbonyl (C=O) groups excluding carboxylic acids is 1. The van der Waals surface area contributed by atoms with Crippen molar-refractivity contribution >= 4 is 11.8 Å². The summed E-state index contributed by atoms with van der Waals surface area (Å²) in [5.41, 5.74) is 4.07. The van der Waals surface area contributed by atoms with Crippen molar-refractivity contribution in [2.75, 3.05) is 13.7 Å². The second-order valence-corrected chi connectivity index (χ2v) is 5.87. The second-order valence-electron chi connectivity index (χ2n) is 5.87. The third-order valence-electron chi connectivity index (χ3n) is 4.02. The van der Waals surface area contributed by atoms with Gasteiger partial charge in [-0.3, -0.25) is 0 Å². The Bertz CT molecular complexity index is 657. The molecule has 1 aliphatic carbocycles. The molecule has 1 aromatic carbocycles. The largest absolute Gasteiger partial charge is 0.439 e. The lowest BCUT2D eigenvalue weighted by Gasteiger charge is -2.23. The highest BCUT2D eigenvalue weighted by Crippen LogP contribution is 2.46. The van der Waals surface area contributed by atoms with Gasteiger partial charge in [0.05, 0.1) is 0 Å². The van der Waals surface area contributed by atoms with Crippen LogP contribution in [0.2, 0.25) is 0 Å². The number of halogens is 2. The molecule has 1 aliphatic heterocycles. The topological polar surface area (TPSA) is 59.9 Å². The van der Waals surface area contributed by atoms with Crippen LogP contribution in [0.4, 0.5) is 13.6 Å².